The molecule has 5 aromatic rings. The first-order chi connectivity index (χ1) is 14.4. The van der Waals surface area contributed by atoms with Gasteiger partial charge in [0.15, 0.2) is 5.82 Å². The molecule has 0 aliphatic heterocycles. The summed E-state index contributed by atoms with van der Waals surface area (Å²) in [6, 6.07) is 13.3. The molecule has 0 aliphatic carbocycles. The summed E-state index contributed by atoms with van der Waals surface area (Å²) in [5, 5.41) is 6.09. The summed E-state index contributed by atoms with van der Waals surface area (Å²) in [5.41, 5.74) is 3.20. The van der Waals surface area contributed by atoms with Crippen LogP contribution in [0.4, 0.5) is 13.2 Å². The van der Waals surface area contributed by atoms with Crippen molar-refractivity contribution >= 4 is 33.4 Å². The summed E-state index contributed by atoms with van der Waals surface area (Å²) in [4.78, 5) is 4.20. The molecule has 0 amide bonds. The Labute approximate surface area is 174 Å². The molecule has 0 saturated heterocycles. The first-order valence-corrected chi connectivity index (χ1v) is 9.49. The molecule has 2 heterocycles. The Bertz CT molecular complexity index is 1440. The lowest BCUT2D eigenvalue weighted by atomic mass is 10.1. The predicted octanol–water partition coefficient (Wildman–Crippen LogP) is 6.62. The highest BCUT2D eigenvalue weighted by Crippen LogP contribution is 2.35. The molecule has 0 aliphatic rings. The lowest BCUT2D eigenvalue weighted by Gasteiger charge is -2.08. The molecule has 0 fully saturated rings. The van der Waals surface area contributed by atoms with E-state index in [0.717, 1.165) is 11.6 Å². The van der Waals surface area contributed by atoms with Crippen molar-refractivity contribution in [3.05, 3.63) is 88.8 Å². The highest BCUT2D eigenvalue weighted by molar-refractivity contribution is 6.31. The van der Waals surface area contributed by atoms with E-state index in [-0.39, 0.29) is 16.7 Å². The van der Waals surface area contributed by atoms with Crippen LogP contribution in [0.2, 0.25) is 5.02 Å². The van der Waals surface area contributed by atoms with Crippen molar-refractivity contribution in [2.24, 2.45) is 0 Å². The average molecular weight is 424 g/mol. The second-order valence-electron chi connectivity index (χ2n) is 7.01. The van der Waals surface area contributed by atoms with Crippen LogP contribution < -0.4 is 0 Å². The predicted molar refractivity (Wildman–Crippen MR) is 111 cm³/mol. The third-order valence-electron chi connectivity index (χ3n) is 5.05. The minimum Gasteiger partial charge on any atom is -0.252 e. The average Bonchev–Trinajstić information content (AvgIpc) is 3.11. The molecule has 0 spiro atoms. The summed E-state index contributed by atoms with van der Waals surface area (Å²) in [6.45, 7) is 1.88. The molecule has 3 nitrogen and oxygen atoms in total. The minimum atomic E-state index is -0.759. The molecule has 0 unspecified atom stereocenters. The number of aromatic nitrogens is 3. The Hall–Kier alpha value is -3.38. The van der Waals surface area contributed by atoms with Crippen molar-refractivity contribution in [3.63, 3.8) is 0 Å². The van der Waals surface area contributed by atoms with E-state index in [0.29, 0.717) is 32.9 Å². The van der Waals surface area contributed by atoms with E-state index in [1.807, 2.05) is 19.1 Å². The van der Waals surface area contributed by atoms with E-state index in [1.54, 1.807) is 22.9 Å². The van der Waals surface area contributed by atoms with Crippen molar-refractivity contribution in [1.29, 1.82) is 0 Å². The number of aryl methyl sites for hydroxylation is 1. The zero-order valence-electron chi connectivity index (χ0n) is 15.6. The fourth-order valence-corrected chi connectivity index (χ4v) is 3.71. The minimum absolute atomic E-state index is 0.0360. The Balaban J connectivity index is 1.92. The Morgan fingerprint density at radius 3 is 2.37 bits per heavy atom. The van der Waals surface area contributed by atoms with Gasteiger partial charge in [-0.3, -0.25) is 4.98 Å². The second kappa shape index (κ2) is 6.85. The fourth-order valence-electron chi connectivity index (χ4n) is 3.54. The van der Waals surface area contributed by atoms with Gasteiger partial charge in [0.05, 0.1) is 11.2 Å². The Morgan fingerprint density at radius 2 is 1.63 bits per heavy atom. The Kier molecular flexibility index (Phi) is 4.25. The van der Waals surface area contributed by atoms with Crippen molar-refractivity contribution in [1.82, 2.24) is 14.8 Å². The van der Waals surface area contributed by atoms with Crippen LogP contribution in [0.1, 0.15) is 5.56 Å². The van der Waals surface area contributed by atoms with Crippen molar-refractivity contribution in [3.8, 4) is 16.9 Å². The van der Waals surface area contributed by atoms with Gasteiger partial charge in [-0.05, 0) is 55.0 Å². The smallest absolute Gasteiger partial charge is 0.152 e. The van der Waals surface area contributed by atoms with Crippen LogP contribution in [-0.2, 0) is 0 Å². The van der Waals surface area contributed by atoms with Gasteiger partial charge in [-0.1, -0.05) is 17.7 Å². The SMILES string of the molecule is Cc1ccc(-n2nc(-c3ccc(F)cc3)c3cnc4c(F)cc(F)cc4c32)cc1Cl. The topological polar surface area (TPSA) is 30.7 Å². The normalized spacial score (nSPS) is 11.5. The van der Waals surface area contributed by atoms with Crippen LogP contribution in [0.3, 0.4) is 0 Å². The van der Waals surface area contributed by atoms with Crippen molar-refractivity contribution in [2.45, 2.75) is 6.92 Å². The molecule has 2 aromatic heterocycles. The first kappa shape index (κ1) is 18.6. The van der Waals surface area contributed by atoms with Gasteiger partial charge in [-0.2, -0.15) is 5.10 Å². The number of pyridine rings is 1. The standard InChI is InChI=1S/C23H13ClF3N3/c1-12-2-7-16(10-19(12)24)30-23-17-8-15(26)9-20(27)22(17)28-11-18(23)21(29-30)13-3-5-14(25)6-4-13/h2-11H,1H3. The summed E-state index contributed by atoms with van der Waals surface area (Å²) < 4.78 is 43.5. The second-order valence-corrected chi connectivity index (χ2v) is 7.41. The first-order valence-electron chi connectivity index (χ1n) is 9.11. The van der Waals surface area contributed by atoms with E-state index in [1.165, 1.54) is 24.4 Å². The third-order valence-corrected chi connectivity index (χ3v) is 5.45. The highest BCUT2D eigenvalue weighted by atomic mass is 35.5. The summed E-state index contributed by atoms with van der Waals surface area (Å²) >= 11 is 6.31. The van der Waals surface area contributed by atoms with Gasteiger partial charge < -0.3 is 0 Å². The molecule has 0 atom stereocenters. The van der Waals surface area contributed by atoms with Gasteiger partial charge in [0.25, 0.3) is 0 Å². The maximum Gasteiger partial charge on any atom is 0.152 e. The molecule has 148 valence electrons. The number of hydrogen-bond donors (Lipinski definition) is 0. The molecule has 0 N–H and O–H groups in total. The maximum atomic E-state index is 14.4. The monoisotopic (exact) mass is 423 g/mol. The van der Waals surface area contributed by atoms with Crippen LogP contribution in [0.5, 0.6) is 0 Å². The third kappa shape index (κ3) is 2.92. The van der Waals surface area contributed by atoms with E-state index >= 15 is 0 Å². The van der Waals surface area contributed by atoms with Gasteiger partial charge in [0.1, 0.15) is 22.8 Å². The summed E-state index contributed by atoms with van der Waals surface area (Å²) in [5.74, 6) is -1.85. The lowest BCUT2D eigenvalue weighted by Crippen LogP contribution is -1.98. The molecule has 3 aromatic carbocycles. The van der Waals surface area contributed by atoms with Crippen LogP contribution in [0.25, 0.3) is 38.8 Å². The van der Waals surface area contributed by atoms with E-state index in [9.17, 15) is 13.2 Å². The van der Waals surface area contributed by atoms with Gasteiger partial charge in [0, 0.05) is 33.6 Å². The molecule has 5 rings (SSSR count). The molecule has 0 saturated carbocycles. The molecule has 30 heavy (non-hydrogen) atoms. The zero-order valence-corrected chi connectivity index (χ0v) is 16.4. The van der Waals surface area contributed by atoms with Crippen molar-refractivity contribution < 1.29 is 13.2 Å². The van der Waals surface area contributed by atoms with E-state index in [4.69, 9.17) is 16.7 Å². The summed E-state index contributed by atoms with van der Waals surface area (Å²) in [6.07, 6.45) is 1.50. The molecular formula is C23H13ClF3N3. The highest BCUT2D eigenvalue weighted by Gasteiger charge is 2.19. The Morgan fingerprint density at radius 1 is 0.867 bits per heavy atom. The van der Waals surface area contributed by atoms with Gasteiger partial charge in [0.2, 0.25) is 0 Å². The number of halogens is 4. The fraction of sp³-hybridized carbons (Fsp3) is 0.0435. The zero-order chi connectivity index (χ0) is 21.0. The quantitative estimate of drug-likeness (QED) is 0.319. The number of benzene rings is 3. The van der Waals surface area contributed by atoms with Crippen LogP contribution in [0.15, 0.2) is 60.8 Å². The van der Waals surface area contributed by atoms with Gasteiger partial charge in [-0.25, -0.2) is 17.9 Å². The largest absolute Gasteiger partial charge is 0.252 e. The van der Waals surface area contributed by atoms with Crippen molar-refractivity contribution in [2.75, 3.05) is 0 Å². The van der Waals surface area contributed by atoms with Gasteiger partial charge in [-0.15, -0.1) is 0 Å². The molecule has 7 heteroatoms. The molecular weight excluding hydrogens is 411 g/mol. The lowest BCUT2D eigenvalue weighted by molar-refractivity contribution is 0.590. The van der Waals surface area contributed by atoms with Crippen LogP contribution in [-0.4, -0.2) is 14.8 Å². The molecule has 0 radical (unpaired) electrons. The molecule has 0 bridgehead atoms. The number of fused-ring (bicyclic) bond motifs is 3. The number of hydrogen-bond acceptors (Lipinski definition) is 2. The van der Waals surface area contributed by atoms with Crippen LogP contribution >= 0.6 is 11.6 Å². The van der Waals surface area contributed by atoms with Gasteiger partial charge >= 0.3 is 0 Å². The maximum absolute atomic E-state index is 14.4. The number of rotatable bonds is 2. The summed E-state index contributed by atoms with van der Waals surface area (Å²) in [7, 11) is 0. The number of nitrogens with zero attached hydrogens (tertiary/aromatic N) is 3. The van der Waals surface area contributed by atoms with Crippen LogP contribution in [0, 0.1) is 24.4 Å². The van der Waals surface area contributed by atoms with E-state index in [2.05, 4.69) is 4.98 Å². The van der Waals surface area contributed by atoms with E-state index < -0.39 is 11.6 Å².